The first-order valence-corrected chi connectivity index (χ1v) is 10.1. The minimum absolute atomic E-state index is 0.160. The van der Waals surface area contributed by atoms with E-state index in [-0.39, 0.29) is 11.5 Å². The number of aldehydes is 2. The predicted octanol–water partition coefficient (Wildman–Crippen LogP) is 5.71. The van der Waals surface area contributed by atoms with Crippen molar-refractivity contribution in [1.29, 1.82) is 0 Å². The lowest BCUT2D eigenvalue weighted by atomic mass is 9.79. The fourth-order valence-corrected chi connectivity index (χ4v) is 3.98. The molecule has 0 aliphatic heterocycles. The van der Waals surface area contributed by atoms with Gasteiger partial charge in [-0.1, -0.05) is 40.9 Å². The summed E-state index contributed by atoms with van der Waals surface area (Å²) in [4.78, 5) is 21.2. The molecule has 0 atom stereocenters. The number of para-hydroxylation sites is 1. The zero-order chi connectivity index (χ0) is 19.4. The van der Waals surface area contributed by atoms with Gasteiger partial charge in [0, 0.05) is 4.47 Å². The van der Waals surface area contributed by atoms with Crippen LogP contribution in [0.5, 0.6) is 11.5 Å². The quantitative estimate of drug-likeness (QED) is 0.609. The number of carbonyl (C=O) groups is 2. The predicted molar refractivity (Wildman–Crippen MR) is 108 cm³/mol. The fraction of sp³-hybridized carbons (Fsp3) is 0.364. The SMILES string of the molecule is O=Cc1cc(Br)cc(C2CCC2)c1O.O=Cc1cccc(C2CCC2)c1O. The first-order chi connectivity index (χ1) is 13.0. The molecule has 0 aromatic heterocycles. The molecule has 0 radical (unpaired) electrons. The van der Waals surface area contributed by atoms with E-state index >= 15 is 0 Å². The Morgan fingerprint density at radius 1 is 0.815 bits per heavy atom. The average Bonchev–Trinajstić information content (AvgIpc) is 2.57. The molecule has 27 heavy (non-hydrogen) atoms. The molecule has 0 spiro atoms. The molecule has 0 unspecified atom stereocenters. The molecular weight excluding hydrogens is 408 g/mol. The Morgan fingerprint density at radius 2 is 1.37 bits per heavy atom. The highest BCUT2D eigenvalue weighted by Crippen LogP contribution is 2.43. The summed E-state index contributed by atoms with van der Waals surface area (Å²) < 4.78 is 0.860. The Hall–Kier alpha value is -2.14. The molecule has 0 bridgehead atoms. The van der Waals surface area contributed by atoms with E-state index in [0.29, 0.717) is 35.5 Å². The average molecular weight is 431 g/mol. The fourth-order valence-electron chi connectivity index (χ4n) is 3.49. The number of phenols is 2. The summed E-state index contributed by atoms with van der Waals surface area (Å²) in [5.74, 6) is 1.25. The first kappa shape index (κ1) is 19.6. The van der Waals surface area contributed by atoms with Crippen LogP contribution in [0.3, 0.4) is 0 Å². The molecule has 2 fully saturated rings. The standard InChI is InChI=1S/C11H11BrO2.C11H12O2/c12-9-4-8(6-13)11(14)10(5-9)7-2-1-3-7;12-7-9-5-2-6-10(11(9)13)8-3-1-4-8/h4-7,14H,1-3H2;2,5-8,13H,1,3-4H2. The van der Waals surface area contributed by atoms with Crippen molar-refractivity contribution in [2.24, 2.45) is 0 Å². The minimum atomic E-state index is 0.160. The second-order valence-corrected chi connectivity index (χ2v) is 8.12. The summed E-state index contributed by atoms with van der Waals surface area (Å²) >= 11 is 3.34. The van der Waals surface area contributed by atoms with Crippen LogP contribution in [0.2, 0.25) is 0 Å². The van der Waals surface area contributed by atoms with E-state index in [9.17, 15) is 19.8 Å². The Bertz CT molecular complexity index is 838. The lowest BCUT2D eigenvalue weighted by molar-refractivity contribution is 0.111. The molecule has 2 N–H and O–H groups in total. The number of halogens is 1. The lowest BCUT2D eigenvalue weighted by Gasteiger charge is -2.27. The number of benzene rings is 2. The number of hydrogen-bond acceptors (Lipinski definition) is 4. The van der Waals surface area contributed by atoms with Crippen molar-refractivity contribution in [3.63, 3.8) is 0 Å². The van der Waals surface area contributed by atoms with Crippen molar-refractivity contribution in [3.8, 4) is 11.5 Å². The third-order valence-corrected chi connectivity index (χ3v) is 6.03. The molecule has 142 valence electrons. The number of aromatic hydroxyl groups is 2. The molecule has 4 nitrogen and oxygen atoms in total. The smallest absolute Gasteiger partial charge is 0.153 e. The van der Waals surface area contributed by atoms with Gasteiger partial charge in [-0.25, -0.2) is 0 Å². The van der Waals surface area contributed by atoms with Crippen molar-refractivity contribution >= 4 is 28.5 Å². The van der Waals surface area contributed by atoms with E-state index in [4.69, 9.17) is 0 Å². The van der Waals surface area contributed by atoms with Gasteiger partial charge in [0.15, 0.2) is 12.6 Å². The molecule has 4 rings (SSSR count). The second kappa shape index (κ2) is 8.70. The molecule has 0 saturated heterocycles. The van der Waals surface area contributed by atoms with E-state index < -0.39 is 0 Å². The lowest BCUT2D eigenvalue weighted by Crippen LogP contribution is -2.09. The normalized spacial score (nSPS) is 16.5. The topological polar surface area (TPSA) is 74.6 Å². The van der Waals surface area contributed by atoms with Crippen molar-refractivity contribution in [3.05, 3.63) is 57.1 Å². The third kappa shape index (κ3) is 4.24. The molecule has 0 heterocycles. The van der Waals surface area contributed by atoms with Gasteiger partial charge in [0.2, 0.25) is 0 Å². The largest absolute Gasteiger partial charge is 0.507 e. The van der Waals surface area contributed by atoms with E-state index in [1.165, 1.54) is 12.8 Å². The molecule has 5 heteroatoms. The number of phenolic OH excluding ortho intramolecular Hbond substituents is 2. The van der Waals surface area contributed by atoms with Crippen molar-refractivity contribution < 1.29 is 19.8 Å². The Kier molecular flexibility index (Phi) is 6.32. The molecule has 2 aromatic rings. The van der Waals surface area contributed by atoms with Gasteiger partial charge in [-0.15, -0.1) is 0 Å². The van der Waals surface area contributed by atoms with Crippen molar-refractivity contribution in [1.82, 2.24) is 0 Å². The van der Waals surface area contributed by atoms with Crippen LogP contribution in [-0.2, 0) is 0 Å². The maximum atomic E-state index is 10.7. The van der Waals surface area contributed by atoms with Gasteiger partial charge in [-0.2, -0.15) is 0 Å². The summed E-state index contributed by atoms with van der Waals surface area (Å²) in [6.07, 6.45) is 8.35. The maximum Gasteiger partial charge on any atom is 0.153 e. The van der Waals surface area contributed by atoms with Crippen LogP contribution in [0.15, 0.2) is 34.8 Å². The van der Waals surface area contributed by atoms with E-state index in [1.807, 2.05) is 18.2 Å². The van der Waals surface area contributed by atoms with Gasteiger partial charge < -0.3 is 10.2 Å². The van der Waals surface area contributed by atoms with Crippen molar-refractivity contribution in [2.45, 2.75) is 50.4 Å². The minimum Gasteiger partial charge on any atom is -0.507 e. The first-order valence-electron chi connectivity index (χ1n) is 9.29. The zero-order valence-electron chi connectivity index (χ0n) is 15.0. The number of hydrogen-bond donors (Lipinski definition) is 2. The van der Waals surface area contributed by atoms with Crippen LogP contribution >= 0.6 is 15.9 Å². The van der Waals surface area contributed by atoms with Gasteiger partial charge in [0.25, 0.3) is 0 Å². The van der Waals surface area contributed by atoms with E-state index in [2.05, 4.69) is 15.9 Å². The second-order valence-electron chi connectivity index (χ2n) is 7.21. The summed E-state index contributed by atoms with van der Waals surface area (Å²) in [5.41, 5.74) is 2.63. The van der Waals surface area contributed by atoms with Crippen LogP contribution in [-0.4, -0.2) is 22.8 Å². The summed E-state index contributed by atoms with van der Waals surface area (Å²) in [5, 5.41) is 19.5. The third-order valence-electron chi connectivity index (χ3n) is 5.58. The zero-order valence-corrected chi connectivity index (χ0v) is 16.6. The van der Waals surface area contributed by atoms with Gasteiger partial charge in [0.05, 0.1) is 11.1 Å². The van der Waals surface area contributed by atoms with E-state index in [1.54, 1.807) is 12.1 Å². The molecule has 2 aliphatic carbocycles. The summed E-state index contributed by atoms with van der Waals surface area (Å²) in [7, 11) is 0. The summed E-state index contributed by atoms with van der Waals surface area (Å²) in [6.45, 7) is 0. The molecule has 2 aliphatic rings. The van der Waals surface area contributed by atoms with Crippen LogP contribution in [0.4, 0.5) is 0 Å². The van der Waals surface area contributed by atoms with Crippen LogP contribution in [0, 0.1) is 0 Å². The Morgan fingerprint density at radius 3 is 1.89 bits per heavy atom. The molecule has 2 aromatic carbocycles. The van der Waals surface area contributed by atoms with Gasteiger partial charge in [-0.3, -0.25) is 9.59 Å². The van der Waals surface area contributed by atoms with Crippen molar-refractivity contribution in [2.75, 3.05) is 0 Å². The van der Waals surface area contributed by atoms with Gasteiger partial charge in [0.1, 0.15) is 11.5 Å². The van der Waals surface area contributed by atoms with Gasteiger partial charge in [-0.05, 0) is 66.8 Å². The van der Waals surface area contributed by atoms with Crippen LogP contribution in [0.1, 0.15) is 82.2 Å². The summed E-state index contributed by atoms with van der Waals surface area (Å²) in [6, 6.07) is 8.93. The number of rotatable bonds is 4. The molecular formula is C22H23BrO4. The van der Waals surface area contributed by atoms with Gasteiger partial charge >= 0.3 is 0 Å². The monoisotopic (exact) mass is 430 g/mol. The van der Waals surface area contributed by atoms with E-state index in [0.717, 1.165) is 41.3 Å². The Labute approximate surface area is 167 Å². The maximum absolute atomic E-state index is 10.7. The Balaban J connectivity index is 0.000000156. The van der Waals surface area contributed by atoms with Crippen LogP contribution < -0.4 is 0 Å². The van der Waals surface area contributed by atoms with Crippen LogP contribution in [0.25, 0.3) is 0 Å². The molecule has 0 amide bonds. The molecule has 2 saturated carbocycles. The highest BCUT2D eigenvalue weighted by atomic mass is 79.9. The highest BCUT2D eigenvalue weighted by molar-refractivity contribution is 9.10. The number of carbonyl (C=O) groups excluding carboxylic acids is 2. The highest BCUT2D eigenvalue weighted by Gasteiger charge is 2.24.